The van der Waals surface area contributed by atoms with Gasteiger partial charge in [-0.05, 0) is 11.6 Å². The van der Waals surface area contributed by atoms with Gasteiger partial charge in [0.15, 0.2) is 5.10 Å². The molecule has 0 amide bonds. The minimum absolute atomic E-state index is 0.948. The van der Waals surface area contributed by atoms with Crippen LogP contribution in [0.5, 0.6) is 0 Å². The molecule has 2 nitrogen and oxygen atoms in total. The van der Waals surface area contributed by atoms with E-state index >= 15 is 0 Å². The molecule has 0 aromatic heterocycles. The van der Waals surface area contributed by atoms with Gasteiger partial charge in [-0.25, -0.2) is 0 Å². The van der Waals surface area contributed by atoms with Crippen LogP contribution in [-0.2, 0) is 6.42 Å². The summed E-state index contributed by atoms with van der Waals surface area (Å²) in [5.41, 5.74) is 5.38. The van der Waals surface area contributed by atoms with E-state index in [0.29, 0.717) is 0 Å². The van der Waals surface area contributed by atoms with E-state index in [4.69, 9.17) is 0 Å². The highest BCUT2D eigenvalue weighted by Gasteiger charge is 2.09. The number of para-hydroxylation sites is 1. The van der Waals surface area contributed by atoms with Crippen LogP contribution in [0.15, 0.2) is 24.3 Å². The smallest absolute Gasteiger partial charge is 0.101 e. The van der Waals surface area contributed by atoms with Gasteiger partial charge in [-0.15, -0.1) is 5.43 Å². The number of fused-ring (bicyclic) bond motifs is 1. The lowest BCUT2D eigenvalue weighted by Gasteiger charge is -2.01. The van der Waals surface area contributed by atoms with Gasteiger partial charge in [0, 0.05) is 0 Å². The second-order valence-corrected chi connectivity index (χ2v) is 2.28. The van der Waals surface area contributed by atoms with Crippen molar-refractivity contribution >= 4 is 11.9 Å². The first kappa shape index (κ1) is 5.47. The summed E-state index contributed by atoms with van der Waals surface area (Å²) < 4.78 is 0. The number of anilines is 1. The number of hydrogen-bond donors (Lipinski definition) is 1. The van der Waals surface area contributed by atoms with E-state index < -0.39 is 0 Å². The van der Waals surface area contributed by atoms with Crippen molar-refractivity contribution in [1.29, 1.82) is 0 Å². The predicted molar refractivity (Wildman–Crippen MR) is 42.0 cm³/mol. The van der Waals surface area contributed by atoms with E-state index in [1.54, 1.807) is 0 Å². The minimum atomic E-state index is 0.948. The monoisotopic (exact) mass is 132 g/mol. The molecule has 1 radical (unpaired) electrons. The summed E-state index contributed by atoms with van der Waals surface area (Å²) in [7, 11) is 0. The third kappa shape index (κ3) is 0.778. The summed E-state index contributed by atoms with van der Waals surface area (Å²) in [6.45, 7) is 0. The van der Waals surface area contributed by atoms with Crippen LogP contribution in [0.2, 0.25) is 0 Å². The van der Waals surface area contributed by atoms with Crippen LogP contribution in [0.4, 0.5) is 5.69 Å². The molecule has 2 heteroatoms. The van der Waals surface area contributed by atoms with Crippen molar-refractivity contribution in [2.45, 2.75) is 6.42 Å². The minimum Gasteiger partial charge on any atom is -0.101 e. The zero-order valence-corrected chi connectivity index (χ0v) is 5.54. The van der Waals surface area contributed by atoms with E-state index in [9.17, 15) is 0 Å². The maximum Gasteiger partial charge on any atom is 0.256 e. The number of rotatable bonds is 0. The largest absolute Gasteiger partial charge is 0.256 e. The molecule has 0 unspecified atom stereocenters. The molecule has 0 atom stereocenters. The third-order valence-corrected chi connectivity index (χ3v) is 1.60. The number of hydrazone groups is 1. The molecule has 0 aliphatic carbocycles. The highest BCUT2D eigenvalue weighted by molar-refractivity contribution is 5.69. The average Bonchev–Trinajstić information content (AvgIpc) is 2.05. The summed E-state index contributed by atoms with van der Waals surface area (Å²) in [4.78, 5) is 0. The van der Waals surface area contributed by atoms with Crippen LogP contribution < -0.4 is 10.5 Å². The molecule has 1 aromatic rings. The molecule has 10 heavy (non-hydrogen) atoms. The maximum absolute atomic E-state index is 3.94. The van der Waals surface area contributed by atoms with Crippen LogP contribution in [0.1, 0.15) is 5.56 Å². The lowest BCUT2D eigenvalue weighted by molar-refractivity contribution is 1.12. The third-order valence-electron chi connectivity index (χ3n) is 1.60. The number of nitrogens with one attached hydrogen (secondary N) is 1. The predicted octanol–water partition coefficient (Wildman–Crippen LogP) is 0.976. The average molecular weight is 132 g/mol. The van der Waals surface area contributed by atoms with Gasteiger partial charge >= 0.3 is 0 Å². The van der Waals surface area contributed by atoms with Crippen LogP contribution >= 0.6 is 0 Å². The molecule has 2 rings (SSSR count). The van der Waals surface area contributed by atoms with Gasteiger partial charge in [0.25, 0.3) is 6.21 Å². The van der Waals surface area contributed by atoms with Crippen LogP contribution in [-0.4, -0.2) is 6.21 Å². The fourth-order valence-corrected chi connectivity index (χ4v) is 1.07. The molecule has 0 spiro atoms. The Kier molecular flexibility index (Phi) is 1.17. The van der Waals surface area contributed by atoms with Crippen LogP contribution in [0, 0.1) is 0 Å². The summed E-state index contributed by atoms with van der Waals surface area (Å²) in [5, 5.41) is 3.94. The van der Waals surface area contributed by atoms with Crippen molar-refractivity contribution in [2.75, 3.05) is 5.43 Å². The highest BCUT2D eigenvalue weighted by atomic mass is 15.3. The van der Waals surface area contributed by atoms with Crippen molar-refractivity contribution in [2.24, 2.45) is 0 Å². The SMILES string of the molecule is C1=[N+]Nc2ccccc2C1. The quantitative estimate of drug-likeness (QED) is 0.559. The second kappa shape index (κ2) is 2.14. The van der Waals surface area contributed by atoms with E-state index in [0.717, 1.165) is 12.1 Å². The molecule has 1 aliphatic heterocycles. The van der Waals surface area contributed by atoms with Crippen LogP contribution in [0.3, 0.4) is 0 Å². The van der Waals surface area contributed by atoms with Gasteiger partial charge in [0.1, 0.15) is 5.69 Å². The van der Waals surface area contributed by atoms with Gasteiger partial charge in [-0.2, -0.15) is 0 Å². The molecule has 0 saturated heterocycles. The van der Waals surface area contributed by atoms with Gasteiger partial charge in [0.2, 0.25) is 0 Å². The van der Waals surface area contributed by atoms with Crippen molar-refractivity contribution in [3.63, 3.8) is 0 Å². The zero-order chi connectivity index (χ0) is 6.81. The van der Waals surface area contributed by atoms with Crippen molar-refractivity contribution in [1.82, 2.24) is 5.10 Å². The lowest BCUT2D eigenvalue weighted by atomic mass is 10.1. The van der Waals surface area contributed by atoms with E-state index in [1.165, 1.54) is 5.56 Å². The molecule has 0 bridgehead atoms. The van der Waals surface area contributed by atoms with Crippen molar-refractivity contribution in [3.05, 3.63) is 29.8 Å². The van der Waals surface area contributed by atoms with E-state index in [2.05, 4.69) is 16.6 Å². The fraction of sp³-hybridized carbons (Fsp3) is 0.125. The number of hydrogen-bond acceptors (Lipinski definition) is 2. The first-order valence-electron chi connectivity index (χ1n) is 3.32. The molecule has 1 N–H and O–H groups in total. The number of benzene rings is 1. The molecule has 49 valence electrons. The lowest BCUT2D eigenvalue weighted by Crippen LogP contribution is -2.12. The highest BCUT2D eigenvalue weighted by Crippen LogP contribution is 2.14. The van der Waals surface area contributed by atoms with E-state index in [1.807, 2.05) is 24.4 Å². The summed E-state index contributed by atoms with van der Waals surface area (Å²) in [6.07, 6.45) is 2.82. The zero-order valence-electron chi connectivity index (χ0n) is 5.54. The topological polar surface area (TPSA) is 26.1 Å². The molecule has 1 heterocycles. The molecule has 1 aromatic carbocycles. The molecular formula is C8H8N2+. The van der Waals surface area contributed by atoms with Gasteiger partial charge in [-0.3, -0.25) is 0 Å². The standard InChI is InChI=1S/C8H8N2/c1-2-4-8-7(3-1)5-6-9-10-8/h1-4,6,10H,5H2/q+1. The Balaban J connectivity index is 2.47. The maximum atomic E-state index is 3.94. The Bertz CT molecular complexity index is 239. The first-order chi connectivity index (χ1) is 4.97. The van der Waals surface area contributed by atoms with E-state index in [-0.39, 0.29) is 0 Å². The van der Waals surface area contributed by atoms with Crippen molar-refractivity contribution in [3.8, 4) is 0 Å². The van der Waals surface area contributed by atoms with Crippen LogP contribution in [0.25, 0.3) is 0 Å². The van der Waals surface area contributed by atoms with Gasteiger partial charge in [-0.1, -0.05) is 18.2 Å². The Morgan fingerprint density at radius 3 is 3.10 bits per heavy atom. The van der Waals surface area contributed by atoms with Gasteiger partial charge < -0.3 is 0 Å². The fourth-order valence-electron chi connectivity index (χ4n) is 1.07. The van der Waals surface area contributed by atoms with Crippen molar-refractivity contribution < 1.29 is 0 Å². The molecule has 0 saturated carbocycles. The Morgan fingerprint density at radius 2 is 2.20 bits per heavy atom. The Morgan fingerprint density at radius 1 is 1.30 bits per heavy atom. The first-order valence-corrected chi connectivity index (χ1v) is 3.32. The Labute approximate surface area is 59.6 Å². The number of nitrogens with zero attached hydrogens (tertiary/aromatic N) is 1. The Hall–Kier alpha value is -1.31. The summed E-state index contributed by atoms with van der Waals surface area (Å²) in [6, 6.07) is 8.19. The molecule has 0 fully saturated rings. The molecule has 1 aliphatic rings. The normalized spacial score (nSPS) is 14.0. The molecular weight excluding hydrogens is 124 g/mol. The second-order valence-electron chi connectivity index (χ2n) is 2.28. The van der Waals surface area contributed by atoms with Gasteiger partial charge in [0.05, 0.1) is 6.42 Å². The summed E-state index contributed by atoms with van der Waals surface area (Å²) >= 11 is 0. The summed E-state index contributed by atoms with van der Waals surface area (Å²) in [5.74, 6) is 0.